The van der Waals surface area contributed by atoms with Crippen LogP contribution in [0.25, 0.3) is 242 Å². The van der Waals surface area contributed by atoms with E-state index >= 15 is 0 Å². The highest BCUT2D eigenvalue weighted by Crippen LogP contribution is 2.51. The quantitative estimate of drug-likeness (QED) is 0.0707. The molecule has 4 heteroatoms. The van der Waals surface area contributed by atoms with Crippen LogP contribution in [0.4, 0.5) is 34.1 Å². The lowest BCUT2D eigenvalue weighted by Gasteiger charge is -2.28. The van der Waals surface area contributed by atoms with Gasteiger partial charge < -0.3 is 18.9 Å². The van der Waals surface area contributed by atoms with Gasteiger partial charge >= 0.3 is 0 Å². The molecule has 28 rings (SSSR count). The molecule has 0 aliphatic heterocycles. The molecule has 2 heterocycles. The molecule has 0 aliphatic carbocycles. The van der Waals surface area contributed by atoms with Crippen molar-refractivity contribution in [2.45, 2.75) is 0 Å². The maximum atomic E-state index is 2.47. The summed E-state index contributed by atoms with van der Waals surface area (Å²) >= 11 is 0. The Hall–Kier alpha value is -19.8. The molecule has 0 unspecified atom stereocenters. The van der Waals surface area contributed by atoms with E-state index in [1.54, 1.807) is 0 Å². The Morgan fingerprint density at radius 3 is 0.860 bits per heavy atom. The Kier molecular flexibility index (Phi) is 22.0. The summed E-state index contributed by atoms with van der Waals surface area (Å²) in [5.41, 5.74) is 40.9. The summed E-state index contributed by atoms with van der Waals surface area (Å²) in [7, 11) is 0. The summed E-state index contributed by atoms with van der Waals surface area (Å²) in [5.74, 6) is 0. The molecule has 0 saturated carbocycles. The van der Waals surface area contributed by atoms with E-state index in [9.17, 15) is 0 Å². The van der Waals surface area contributed by atoms with Crippen molar-refractivity contribution in [1.29, 1.82) is 0 Å². The van der Waals surface area contributed by atoms with Crippen LogP contribution in [-0.4, -0.2) is 9.13 Å². The van der Waals surface area contributed by atoms with Gasteiger partial charge in [-0.2, -0.15) is 0 Å². The van der Waals surface area contributed by atoms with Crippen LogP contribution >= 0.6 is 0 Å². The molecule has 150 heavy (non-hydrogen) atoms. The lowest BCUT2D eigenvalue weighted by Crippen LogP contribution is -2.11. The minimum absolute atomic E-state index is 1.05. The second-order valence-electron chi connectivity index (χ2n) is 39.3. The van der Waals surface area contributed by atoms with Crippen LogP contribution in [0.5, 0.6) is 0 Å². The van der Waals surface area contributed by atoms with Gasteiger partial charge in [0.05, 0.1) is 33.4 Å². The first-order valence-electron chi connectivity index (χ1n) is 51.7. The van der Waals surface area contributed by atoms with Gasteiger partial charge in [0.25, 0.3) is 0 Å². The largest absolute Gasteiger partial charge is 0.310 e. The van der Waals surface area contributed by atoms with Crippen molar-refractivity contribution < 1.29 is 0 Å². The third-order valence-electron chi connectivity index (χ3n) is 30.6. The Balaban J connectivity index is 0.496. The van der Waals surface area contributed by atoms with Crippen LogP contribution in [0, 0.1) is 0 Å². The molecule has 4 nitrogen and oxygen atoms in total. The van der Waals surface area contributed by atoms with Gasteiger partial charge in [0, 0.05) is 66.8 Å². The molecule has 0 amide bonds. The van der Waals surface area contributed by atoms with Gasteiger partial charge in [0.15, 0.2) is 0 Å². The second-order valence-corrected chi connectivity index (χ2v) is 39.3. The van der Waals surface area contributed by atoms with Gasteiger partial charge in [-0.15, -0.1) is 0 Å². The number of para-hydroxylation sites is 5. The number of hydrogen-bond acceptors (Lipinski definition) is 2. The topological polar surface area (TPSA) is 16.3 Å². The van der Waals surface area contributed by atoms with Gasteiger partial charge in [-0.05, 0) is 340 Å². The van der Waals surface area contributed by atoms with E-state index in [0.29, 0.717) is 0 Å². The molecular formula is C146H96N4. The molecule has 0 spiro atoms. The predicted molar refractivity (Wildman–Crippen MR) is 637 cm³/mol. The van der Waals surface area contributed by atoms with Gasteiger partial charge in [0.1, 0.15) is 0 Å². The zero-order valence-electron chi connectivity index (χ0n) is 82.2. The molecule has 0 saturated heterocycles. The SMILES string of the molecule is c1ccc(-c2cc(-c3ccccc3)cc(-c3ccc(N(c4ccc(-c5ccc6c(ccc7ccccc76)c5)cc4)c4ccccc4-c4cccc(-c5cccc6c5c5ccccc5n6-c5cccc(-c6cc(-c7ccc(-c8ccc(N(c9ccc(-c%10ccc%11c(ccc%12ccccc%12%11)c%10)cc9)c9ccccc9-c9cccc(-c%10cccc%11c%10c%10ccccc%10n%11-c%10ccccc%10)c9)cc8)cc7)c7ccccc7c6)c5)c4)cc3)c2)cc1. The van der Waals surface area contributed by atoms with Crippen molar-refractivity contribution in [3.05, 3.63) is 582 Å². The Morgan fingerprint density at radius 2 is 0.387 bits per heavy atom. The molecule has 0 aliphatic rings. The molecule has 26 aromatic carbocycles. The van der Waals surface area contributed by atoms with Crippen molar-refractivity contribution in [2.24, 2.45) is 0 Å². The number of hydrogen-bond donors (Lipinski definition) is 0. The minimum Gasteiger partial charge on any atom is -0.310 e. The summed E-state index contributed by atoms with van der Waals surface area (Å²) in [4.78, 5) is 4.87. The fraction of sp³-hybridized carbons (Fsp3) is 0. The molecule has 0 N–H and O–H groups in total. The fourth-order valence-corrected chi connectivity index (χ4v) is 23.4. The van der Waals surface area contributed by atoms with Crippen LogP contribution in [0.3, 0.4) is 0 Å². The average Bonchev–Trinajstić information content (AvgIpc) is 1.58. The van der Waals surface area contributed by atoms with E-state index in [-0.39, 0.29) is 0 Å². The standard InChI is InChI=1S/C146H96N4/c1-4-29-97(30-5-1)117-92-118(98-31-6-2-7-32-98)94-119(93-117)103-73-83-125(84-74-103)148(124-81-71-102(72-82-124)109-76-86-131-116(88-109)66-64-105-34-11-14-45-128(105)131)140-54-21-17-48-133(140)112-38-25-40-114(90-112)135-52-28-58-144-146(135)137-50-19-23-56-142(137)150(144)126-43-26-36-107(95-126)120-91-110-35-12-15-46-129(110)138(96-120)106-61-59-99(60-62-106)100-67-77-122(78-68-100)147(123-79-69-101(70-80-123)108-75-85-130-115(87-108)65-63-104-33-10-13-44-127(104)130)139-53-20-16-47-132(139)111-37-24-39-113(89-111)134-51-27-57-143-145(134)136-49-18-22-55-141(136)149(143)121-41-8-3-9-42-121/h1-96H. The van der Waals surface area contributed by atoms with Crippen molar-refractivity contribution >= 4 is 132 Å². The van der Waals surface area contributed by atoms with Crippen molar-refractivity contribution in [2.75, 3.05) is 9.80 Å². The van der Waals surface area contributed by atoms with E-state index in [1.165, 1.54) is 137 Å². The number of fused-ring (bicyclic) bond motifs is 13. The summed E-state index contributed by atoms with van der Waals surface area (Å²) in [5, 5.41) is 17.2. The first-order valence-corrected chi connectivity index (χ1v) is 51.7. The minimum atomic E-state index is 1.05. The number of nitrogens with zero attached hydrogens (tertiary/aromatic N) is 4. The molecule has 0 bridgehead atoms. The normalized spacial score (nSPS) is 11.6. The predicted octanol–water partition coefficient (Wildman–Crippen LogP) is 40.6. The highest BCUT2D eigenvalue weighted by molar-refractivity contribution is 6.19. The Morgan fingerprint density at radius 1 is 0.120 bits per heavy atom. The monoisotopic (exact) mass is 1900 g/mol. The number of benzene rings is 26. The maximum absolute atomic E-state index is 2.47. The molecule has 700 valence electrons. The summed E-state index contributed by atoms with van der Waals surface area (Å²) in [6.07, 6.45) is 0. The van der Waals surface area contributed by atoms with Gasteiger partial charge in [-0.1, -0.05) is 419 Å². The van der Waals surface area contributed by atoms with Crippen molar-refractivity contribution in [1.82, 2.24) is 9.13 Å². The lowest BCUT2D eigenvalue weighted by molar-refractivity contribution is 1.18. The van der Waals surface area contributed by atoms with E-state index in [2.05, 4.69) is 601 Å². The average molecular weight is 1910 g/mol. The van der Waals surface area contributed by atoms with Gasteiger partial charge in [0.2, 0.25) is 0 Å². The number of aromatic nitrogens is 2. The van der Waals surface area contributed by atoms with Crippen LogP contribution in [0.15, 0.2) is 582 Å². The Bertz CT molecular complexity index is 10000. The third-order valence-corrected chi connectivity index (χ3v) is 30.6. The first-order chi connectivity index (χ1) is 74.3. The molecule has 0 fully saturated rings. The zero-order chi connectivity index (χ0) is 99.1. The first kappa shape index (κ1) is 88.0. The summed E-state index contributed by atoms with van der Waals surface area (Å²) in [6, 6.07) is 215. The van der Waals surface area contributed by atoms with Crippen molar-refractivity contribution in [3.8, 4) is 145 Å². The fourth-order valence-electron chi connectivity index (χ4n) is 23.4. The molecule has 0 atom stereocenters. The van der Waals surface area contributed by atoms with Crippen LogP contribution in [0.2, 0.25) is 0 Å². The van der Waals surface area contributed by atoms with E-state index in [1.807, 2.05) is 0 Å². The Labute approximate surface area is 871 Å². The zero-order valence-corrected chi connectivity index (χ0v) is 82.2. The summed E-state index contributed by atoms with van der Waals surface area (Å²) in [6.45, 7) is 0. The van der Waals surface area contributed by atoms with Crippen LogP contribution in [0.1, 0.15) is 0 Å². The number of anilines is 6. The molecule has 2 aromatic heterocycles. The maximum Gasteiger partial charge on any atom is 0.0547 e. The van der Waals surface area contributed by atoms with E-state index in [0.717, 1.165) is 140 Å². The smallest absolute Gasteiger partial charge is 0.0547 e. The highest BCUT2D eigenvalue weighted by Gasteiger charge is 2.26. The van der Waals surface area contributed by atoms with E-state index < -0.39 is 0 Å². The van der Waals surface area contributed by atoms with Crippen LogP contribution < -0.4 is 9.80 Å². The van der Waals surface area contributed by atoms with Gasteiger partial charge in [-0.25, -0.2) is 0 Å². The number of rotatable bonds is 20. The lowest BCUT2D eigenvalue weighted by atomic mass is 9.92. The van der Waals surface area contributed by atoms with Crippen molar-refractivity contribution in [3.63, 3.8) is 0 Å². The van der Waals surface area contributed by atoms with Gasteiger partial charge in [-0.3, -0.25) is 0 Å². The van der Waals surface area contributed by atoms with Crippen LogP contribution in [-0.2, 0) is 0 Å². The molecular weight excluding hydrogens is 1810 g/mol. The molecule has 0 radical (unpaired) electrons. The second kappa shape index (κ2) is 37.4. The third kappa shape index (κ3) is 15.9. The van der Waals surface area contributed by atoms with E-state index in [4.69, 9.17) is 0 Å². The molecule has 28 aromatic rings. The summed E-state index contributed by atoms with van der Waals surface area (Å²) < 4.78 is 4.87. The highest BCUT2D eigenvalue weighted by atomic mass is 15.2.